The highest BCUT2D eigenvalue weighted by molar-refractivity contribution is 9.10. The maximum atomic E-state index is 10.7. The lowest BCUT2D eigenvalue weighted by atomic mass is 10.2. The standard InChI is InChI=1S/C13H10BrClN2O2/c14-12-7-10(15)4-5-13(12)16-8-9-2-1-3-11(6-9)17(18)19/h1-7,16H,8H2. The van der Waals surface area contributed by atoms with Gasteiger partial charge in [0.05, 0.1) is 4.92 Å². The predicted molar refractivity (Wildman–Crippen MR) is 79.6 cm³/mol. The topological polar surface area (TPSA) is 55.2 Å². The molecule has 0 aliphatic heterocycles. The van der Waals surface area contributed by atoms with E-state index in [1.807, 2.05) is 12.1 Å². The summed E-state index contributed by atoms with van der Waals surface area (Å²) in [7, 11) is 0. The fourth-order valence-corrected chi connectivity index (χ4v) is 2.43. The van der Waals surface area contributed by atoms with Crippen molar-refractivity contribution in [1.82, 2.24) is 0 Å². The van der Waals surface area contributed by atoms with Crippen LogP contribution in [0.5, 0.6) is 0 Å². The Kier molecular flexibility index (Phi) is 4.39. The van der Waals surface area contributed by atoms with Crippen molar-refractivity contribution < 1.29 is 4.92 Å². The molecule has 0 saturated carbocycles. The van der Waals surface area contributed by atoms with Crippen LogP contribution in [0.25, 0.3) is 0 Å². The summed E-state index contributed by atoms with van der Waals surface area (Å²) in [5.41, 5.74) is 1.82. The molecule has 4 nitrogen and oxygen atoms in total. The molecule has 2 rings (SSSR count). The van der Waals surface area contributed by atoms with Crippen molar-refractivity contribution in [1.29, 1.82) is 0 Å². The number of rotatable bonds is 4. The first-order valence-electron chi connectivity index (χ1n) is 5.48. The van der Waals surface area contributed by atoms with Crippen LogP contribution >= 0.6 is 27.5 Å². The molecular formula is C13H10BrClN2O2. The van der Waals surface area contributed by atoms with Crippen LogP contribution in [0.2, 0.25) is 5.02 Å². The summed E-state index contributed by atoms with van der Waals surface area (Å²) >= 11 is 9.26. The van der Waals surface area contributed by atoms with E-state index < -0.39 is 4.92 Å². The highest BCUT2D eigenvalue weighted by Crippen LogP contribution is 2.26. The number of benzene rings is 2. The zero-order valence-electron chi connectivity index (χ0n) is 9.77. The Bertz CT molecular complexity index is 619. The second-order valence-electron chi connectivity index (χ2n) is 3.90. The van der Waals surface area contributed by atoms with Gasteiger partial charge in [0.15, 0.2) is 0 Å². The van der Waals surface area contributed by atoms with Crippen LogP contribution < -0.4 is 5.32 Å². The fourth-order valence-electron chi connectivity index (χ4n) is 1.61. The highest BCUT2D eigenvalue weighted by atomic mass is 79.9. The van der Waals surface area contributed by atoms with Crippen LogP contribution in [0.3, 0.4) is 0 Å². The lowest BCUT2D eigenvalue weighted by Gasteiger charge is -2.08. The first-order chi connectivity index (χ1) is 9.06. The smallest absolute Gasteiger partial charge is 0.269 e. The summed E-state index contributed by atoms with van der Waals surface area (Å²) in [5.74, 6) is 0. The lowest BCUT2D eigenvalue weighted by Crippen LogP contribution is -2.00. The molecule has 1 N–H and O–H groups in total. The predicted octanol–water partition coefficient (Wildman–Crippen LogP) is 4.62. The van der Waals surface area contributed by atoms with Gasteiger partial charge in [-0.1, -0.05) is 23.7 Å². The minimum Gasteiger partial charge on any atom is -0.380 e. The van der Waals surface area contributed by atoms with Gasteiger partial charge in [-0.25, -0.2) is 0 Å². The summed E-state index contributed by atoms with van der Waals surface area (Å²) in [6.45, 7) is 0.502. The van der Waals surface area contributed by atoms with Crippen LogP contribution in [0.4, 0.5) is 11.4 Å². The Morgan fingerprint density at radius 3 is 2.74 bits per heavy atom. The zero-order chi connectivity index (χ0) is 13.8. The second kappa shape index (κ2) is 6.04. The molecule has 0 amide bonds. The molecule has 0 radical (unpaired) electrons. The molecule has 0 spiro atoms. The van der Waals surface area contributed by atoms with E-state index in [1.54, 1.807) is 24.3 Å². The number of anilines is 1. The number of non-ortho nitro benzene ring substituents is 1. The van der Waals surface area contributed by atoms with Crippen molar-refractivity contribution >= 4 is 38.9 Å². The third kappa shape index (κ3) is 3.68. The number of nitro groups is 1. The molecule has 98 valence electrons. The zero-order valence-corrected chi connectivity index (χ0v) is 12.1. The number of nitrogens with zero attached hydrogens (tertiary/aromatic N) is 1. The molecule has 0 fully saturated rings. The molecule has 6 heteroatoms. The van der Waals surface area contributed by atoms with Gasteiger partial charge in [0.2, 0.25) is 0 Å². The molecule has 19 heavy (non-hydrogen) atoms. The average Bonchev–Trinajstić information content (AvgIpc) is 2.38. The van der Waals surface area contributed by atoms with Gasteiger partial charge in [-0.3, -0.25) is 10.1 Å². The molecule has 0 bridgehead atoms. The van der Waals surface area contributed by atoms with Gasteiger partial charge in [-0.05, 0) is 39.7 Å². The largest absolute Gasteiger partial charge is 0.380 e. The number of halogens is 2. The van der Waals surface area contributed by atoms with E-state index in [-0.39, 0.29) is 5.69 Å². The van der Waals surface area contributed by atoms with Crippen molar-refractivity contribution in [2.75, 3.05) is 5.32 Å². The molecule has 0 aromatic heterocycles. The van der Waals surface area contributed by atoms with E-state index in [4.69, 9.17) is 11.6 Å². The van der Waals surface area contributed by atoms with Crippen LogP contribution in [0.1, 0.15) is 5.56 Å². The van der Waals surface area contributed by atoms with Gasteiger partial charge < -0.3 is 5.32 Å². The van der Waals surface area contributed by atoms with Gasteiger partial charge >= 0.3 is 0 Å². The first-order valence-corrected chi connectivity index (χ1v) is 6.65. The molecule has 0 aliphatic carbocycles. The van der Waals surface area contributed by atoms with E-state index in [9.17, 15) is 10.1 Å². The molecule has 0 atom stereocenters. The Morgan fingerprint density at radius 1 is 1.26 bits per heavy atom. The minimum atomic E-state index is -0.401. The molecule has 0 heterocycles. The van der Waals surface area contributed by atoms with Crippen molar-refractivity contribution in [2.45, 2.75) is 6.54 Å². The Morgan fingerprint density at radius 2 is 2.05 bits per heavy atom. The van der Waals surface area contributed by atoms with Crippen LogP contribution in [0.15, 0.2) is 46.9 Å². The van der Waals surface area contributed by atoms with Gasteiger partial charge in [-0.15, -0.1) is 0 Å². The van der Waals surface area contributed by atoms with Crippen LogP contribution in [-0.4, -0.2) is 4.92 Å². The van der Waals surface area contributed by atoms with E-state index in [2.05, 4.69) is 21.2 Å². The second-order valence-corrected chi connectivity index (χ2v) is 5.20. The maximum Gasteiger partial charge on any atom is 0.269 e. The first kappa shape index (κ1) is 13.8. The summed E-state index contributed by atoms with van der Waals surface area (Å²) in [6.07, 6.45) is 0. The summed E-state index contributed by atoms with van der Waals surface area (Å²) in [5, 5.41) is 14.5. The Labute approximate surface area is 123 Å². The molecule has 2 aromatic carbocycles. The van der Waals surface area contributed by atoms with Crippen LogP contribution in [-0.2, 0) is 6.54 Å². The third-order valence-electron chi connectivity index (χ3n) is 2.54. The molecule has 2 aromatic rings. The minimum absolute atomic E-state index is 0.0921. The SMILES string of the molecule is O=[N+]([O-])c1cccc(CNc2ccc(Cl)cc2Br)c1. The fraction of sp³-hybridized carbons (Fsp3) is 0.0769. The molecular weight excluding hydrogens is 332 g/mol. The van der Waals surface area contributed by atoms with Gasteiger partial charge in [0, 0.05) is 33.9 Å². The van der Waals surface area contributed by atoms with Gasteiger partial charge in [0.25, 0.3) is 5.69 Å². The number of nitro benzene ring substituents is 1. The quantitative estimate of drug-likeness (QED) is 0.652. The van der Waals surface area contributed by atoms with Crippen molar-refractivity contribution in [2.24, 2.45) is 0 Å². The Hall–Kier alpha value is -1.59. The summed E-state index contributed by atoms with van der Waals surface area (Å²) < 4.78 is 0.852. The number of nitrogens with one attached hydrogen (secondary N) is 1. The van der Waals surface area contributed by atoms with E-state index in [0.29, 0.717) is 11.6 Å². The van der Waals surface area contributed by atoms with E-state index in [1.165, 1.54) is 6.07 Å². The number of hydrogen-bond donors (Lipinski definition) is 1. The van der Waals surface area contributed by atoms with E-state index in [0.717, 1.165) is 15.7 Å². The lowest BCUT2D eigenvalue weighted by molar-refractivity contribution is -0.384. The molecule has 0 saturated heterocycles. The van der Waals surface area contributed by atoms with Gasteiger partial charge in [-0.2, -0.15) is 0 Å². The number of hydrogen-bond acceptors (Lipinski definition) is 3. The maximum absolute atomic E-state index is 10.7. The van der Waals surface area contributed by atoms with Crippen molar-refractivity contribution in [3.05, 3.63) is 67.6 Å². The molecule has 0 unspecified atom stereocenters. The monoisotopic (exact) mass is 340 g/mol. The average molecular weight is 342 g/mol. The van der Waals surface area contributed by atoms with E-state index >= 15 is 0 Å². The third-order valence-corrected chi connectivity index (χ3v) is 3.43. The molecule has 0 aliphatic rings. The summed E-state index contributed by atoms with van der Waals surface area (Å²) in [4.78, 5) is 10.3. The van der Waals surface area contributed by atoms with Gasteiger partial charge in [0.1, 0.15) is 0 Å². The Balaban J connectivity index is 2.10. The van der Waals surface area contributed by atoms with Crippen molar-refractivity contribution in [3.63, 3.8) is 0 Å². The van der Waals surface area contributed by atoms with Crippen molar-refractivity contribution in [3.8, 4) is 0 Å². The summed E-state index contributed by atoms with van der Waals surface area (Å²) in [6, 6.07) is 12.0. The van der Waals surface area contributed by atoms with Crippen LogP contribution in [0, 0.1) is 10.1 Å². The highest BCUT2D eigenvalue weighted by Gasteiger charge is 2.06. The normalized spacial score (nSPS) is 10.2.